The molecule has 0 saturated heterocycles. The van der Waals surface area contributed by atoms with Gasteiger partial charge in [0, 0.05) is 29.9 Å². The molecule has 0 bridgehead atoms. The average Bonchev–Trinajstić information content (AvgIpc) is 2.58. The predicted molar refractivity (Wildman–Crippen MR) is 86.6 cm³/mol. The van der Waals surface area contributed by atoms with E-state index in [4.69, 9.17) is 0 Å². The molecule has 4 rings (SSSR count). The molecule has 1 N–H and O–H groups in total. The van der Waals surface area contributed by atoms with Crippen LogP contribution in [0.3, 0.4) is 0 Å². The summed E-state index contributed by atoms with van der Waals surface area (Å²) in [4.78, 5) is 18.8. The maximum Gasteiger partial charge on any atom is 0.257 e. The summed E-state index contributed by atoms with van der Waals surface area (Å²) in [6.07, 6.45) is 1.56. The number of hydrogen-bond acceptors (Lipinski definition) is 3. The predicted octanol–water partition coefficient (Wildman–Crippen LogP) is 3.43. The molecule has 2 heterocycles. The first kappa shape index (κ1) is 12.8. The molecule has 1 aromatic heterocycles. The van der Waals surface area contributed by atoms with Crippen molar-refractivity contribution >= 4 is 22.5 Å². The second-order valence-electron chi connectivity index (χ2n) is 5.43. The molecule has 1 unspecified atom stereocenters. The Morgan fingerprint density at radius 2 is 1.86 bits per heavy atom. The zero-order valence-electron chi connectivity index (χ0n) is 12.2. The standard InChI is InChI=1S/C18H15N3O/c1-21-17(20-15-10-3-2-8-13(15)18(21)22)14-9-4-6-12-7-5-11-19-16(12)14/h2-11,17,20H,1H3. The monoisotopic (exact) mass is 289 g/mol. The van der Waals surface area contributed by atoms with Gasteiger partial charge in [0.15, 0.2) is 0 Å². The van der Waals surface area contributed by atoms with Crippen LogP contribution < -0.4 is 5.32 Å². The van der Waals surface area contributed by atoms with E-state index in [-0.39, 0.29) is 12.1 Å². The quantitative estimate of drug-likeness (QED) is 0.746. The van der Waals surface area contributed by atoms with Crippen molar-refractivity contribution in [1.29, 1.82) is 0 Å². The summed E-state index contributed by atoms with van der Waals surface area (Å²) in [5, 5.41) is 4.52. The van der Waals surface area contributed by atoms with Crippen LogP contribution in [0.2, 0.25) is 0 Å². The molecule has 0 radical (unpaired) electrons. The van der Waals surface area contributed by atoms with Crippen LogP contribution in [-0.2, 0) is 0 Å². The summed E-state index contributed by atoms with van der Waals surface area (Å²) < 4.78 is 0. The van der Waals surface area contributed by atoms with E-state index < -0.39 is 0 Å². The van der Waals surface area contributed by atoms with E-state index in [9.17, 15) is 4.79 Å². The van der Waals surface area contributed by atoms with Gasteiger partial charge >= 0.3 is 0 Å². The van der Waals surface area contributed by atoms with Crippen molar-refractivity contribution in [3.05, 3.63) is 71.9 Å². The Bertz CT molecular complexity index is 870. The lowest BCUT2D eigenvalue weighted by atomic mass is 10.0. The molecule has 4 nitrogen and oxygen atoms in total. The number of aromatic nitrogens is 1. The number of rotatable bonds is 1. The molecule has 1 atom stereocenters. The molecule has 4 heteroatoms. The van der Waals surface area contributed by atoms with Crippen molar-refractivity contribution in [2.45, 2.75) is 6.17 Å². The lowest BCUT2D eigenvalue weighted by molar-refractivity contribution is 0.0736. The van der Waals surface area contributed by atoms with Crippen LogP contribution in [-0.4, -0.2) is 22.8 Å². The van der Waals surface area contributed by atoms with Gasteiger partial charge in [0.25, 0.3) is 5.91 Å². The van der Waals surface area contributed by atoms with Crippen molar-refractivity contribution in [1.82, 2.24) is 9.88 Å². The number of benzene rings is 2. The van der Waals surface area contributed by atoms with E-state index in [1.54, 1.807) is 11.1 Å². The smallest absolute Gasteiger partial charge is 0.257 e. The van der Waals surface area contributed by atoms with Crippen molar-refractivity contribution in [2.75, 3.05) is 12.4 Å². The minimum Gasteiger partial charge on any atom is -0.361 e. The normalized spacial score (nSPS) is 17.2. The molecule has 1 aliphatic heterocycles. The maximum absolute atomic E-state index is 12.6. The number of pyridine rings is 1. The summed E-state index contributed by atoms with van der Waals surface area (Å²) in [6.45, 7) is 0. The fourth-order valence-corrected chi connectivity index (χ4v) is 2.98. The highest BCUT2D eigenvalue weighted by Crippen LogP contribution is 2.34. The van der Waals surface area contributed by atoms with Crippen LogP contribution in [0.1, 0.15) is 22.1 Å². The van der Waals surface area contributed by atoms with Gasteiger partial charge in [-0.25, -0.2) is 0 Å². The number of fused-ring (bicyclic) bond motifs is 2. The topological polar surface area (TPSA) is 45.2 Å². The third-order valence-electron chi connectivity index (χ3n) is 4.12. The molecule has 0 fully saturated rings. The Labute approximate surface area is 128 Å². The summed E-state index contributed by atoms with van der Waals surface area (Å²) in [5.74, 6) is 0.0206. The molecular formula is C18H15N3O. The molecule has 0 spiro atoms. The van der Waals surface area contributed by atoms with E-state index in [2.05, 4.69) is 10.3 Å². The van der Waals surface area contributed by atoms with E-state index >= 15 is 0 Å². The Balaban J connectivity index is 1.88. The Morgan fingerprint density at radius 1 is 1.05 bits per heavy atom. The summed E-state index contributed by atoms with van der Waals surface area (Å²) >= 11 is 0. The van der Waals surface area contributed by atoms with Gasteiger partial charge in [-0.15, -0.1) is 0 Å². The van der Waals surface area contributed by atoms with Gasteiger partial charge in [-0.05, 0) is 18.2 Å². The average molecular weight is 289 g/mol. The van der Waals surface area contributed by atoms with Gasteiger partial charge in [0.1, 0.15) is 6.17 Å². The van der Waals surface area contributed by atoms with Gasteiger partial charge in [0.2, 0.25) is 0 Å². The number of carbonyl (C=O) groups excluding carboxylic acids is 1. The number of nitrogens with zero attached hydrogens (tertiary/aromatic N) is 2. The van der Waals surface area contributed by atoms with Gasteiger partial charge in [0.05, 0.1) is 11.1 Å². The molecule has 1 amide bonds. The summed E-state index contributed by atoms with van der Waals surface area (Å²) in [6, 6.07) is 17.6. The van der Waals surface area contributed by atoms with Gasteiger partial charge < -0.3 is 10.2 Å². The molecule has 1 aliphatic rings. The molecule has 22 heavy (non-hydrogen) atoms. The molecular weight excluding hydrogens is 274 g/mol. The Kier molecular flexibility index (Phi) is 2.82. The van der Waals surface area contributed by atoms with Crippen LogP contribution in [0.25, 0.3) is 10.9 Å². The van der Waals surface area contributed by atoms with Crippen LogP contribution >= 0.6 is 0 Å². The highest BCUT2D eigenvalue weighted by atomic mass is 16.2. The van der Waals surface area contributed by atoms with Crippen LogP contribution in [0.5, 0.6) is 0 Å². The van der Waals surface area contributed by atoms with Crippen molar-refractivity contribution in [3.63, 3.8) is 0 Å². The fourth-order valence-electron chi connectivity index (χ4n) is 2.98. The first-order valence-corrected chi connectivity index (χ1v) is 7.22. The lowest BCUT2D eigenvalue weighted by Crippen LogP contribution is -2.40. The highest BCUT2D eigenvalue weighted by molar-refractivity contribution is 6.02. The first-order valence-electron chi connectivity index (χ1n) is 7.22. The lowest BCUT2D eigenvalue weighted by Gasteiger charge is -2.35. The number of anilines is 1. The minimum absolute atomic E-state index is 0.0206. The zero-order chi connectivity index (χ0) is 15.1. The van der Waals surface area contributed by atoms with Gasteiger partial charge in [-0.2, -0.15) is 0 Å². The van der Waals surface area contributed by atoms with Crippen molar-refractivity contribution in [2.24, 2.45) is 0 Å². The Hall–Kier alpha value is -2.88. The van der Waals surface area contributed by atoms with Crippen LogP contribution in [0.4, 0.5) is 5.69 Å². The zero-order valence-corrected chi connectivity index (χ0v) is 12.2. The van der Waals surface area contributed by atoms with Crippen LogP contribution in [0, 0.1) is 0 Å². The fraction of sp³-hybridized carbons (Fsp3) is 0.111. The first-order chi connectivity index (χ1) is 10.8. The highest BCUT2D eigenvalue weighted by Gasteiger charge is 2.30. The number of hydrogen-bond donors (Lipinski definition) is 1. The number of para-hydroxylation sites is 2. The largest absolute Gasteiger partial charge is 0.361 e. The number of amides is 1. The summed E-state index contributed by atoms with van der Waals surface area (Å²) in [5.41, 5.74) is 3.49. The van der Waals surface area contributed by atoms with Crippen molar-refractivity contribution < 1.29 is 4.79 Å². The maximum atomic E-state index is 12.6. The van der Waals surface area contributed by atoms with E-state index in [0.717, 1.165) is 22.2 Å². The number of nitrogens with one attached hydrogen (secondary N) is 1. The SMILES string of the molecule is CN1C(=O)c2ccccc2NC1c1cccc2cccnc12. The molecule has 3 aromatic rings. The molecule has 108 valence electrons. The molecule has 2 aromatic carbocycles. The second-order valence-corrected chi connectivity index (χ2v) is 5.43. The second kappa shape index (κ2) is 4.84. The van der Waals surface area contributed by atoms with E-state index in [1.165, 1.54) is 0 Å². The van der Waals surface area contributed by atoms with Crippen molar-refractivity contribution in [3.8, 4) is 0 Å². The molecule has 0 saturated carbocycles. The third-order valence-corrected chi connectivity index (χ3v) is 4.12. The minimum atomic E-state index is -0.221. The molecule has 0 aliphatic carbocycles. The summed E-state index contributed by atoms with van der Waals surface area (Å²) in [7, 11) is 1.82. The van der Waals surface area contributed by atoms with Crippen LogP contribution in [0.15, 0.2) is 60.8 Å². The van der Waals surface area contributed by atoms with Gasteiger partial charge in [-0.3, -0.25) is 9.78 Å². The Morgan fingerprint density at radius 3 is 2.77 bits per heavy atom. The van der Waals surface area contributed by atoms with E-state index in [0.29, 0.717) is 5.56 Å². The third kappa shape index (κ3) is 1.84. The van der Waals surface area contributed by atoms with E-state index in [1.807, 2.05) is 61.6 Å². The number of carbonyl (C=O) groups is 1. The van der Waals surface area contributed by atoms with Gasteiger partial charge in [-0.1, -0.05) is 36.4 Å².